The minimum Gasteiger partial charge on any atom is -0.393 e. The van der Waals surface area contributed by atoms with Gasteiger partial charge in [-0.25, -0.2) is 12.7 Å². The van der Waals surface area contributed by atoms with Crippen molar-refractivity contribution in [3.05, 3.63) is 0 Å². The molecule has 0 aromatic carbocycles. The Morgan fingerprint density at radius 3 is 2.13 bits per heavy atom. The number of aliphatic hydroxyl groups is 1. The summed E-state index contributed by atoms with van der Waals surface area (Å²) >= 11 is 0. The zero-order chi connectivity index (χ0) is 12.3. The molecule has 0 aliphatic rings. The summed E-state index contributed by atoms with van der Waals surface area (Å²) in [4.78, 5) is 0. The van der Waals surface area contributed by atoms with Gasteiger partial charge >= 0.3 is 0 Å². The lowest BCUT2D eigenvalue weighted by Crippen LogP contribution is -2.35. The minimum absolute atomic E-state index is 0.135. The lowest BCUT2D eigenvalue weighted by molar-refractivity contribution is 0.177. The lowest BCUT2D eigenvalue weighted by atomic mass is 10.0. The van der Waals surface area contributed by atoms with Crippen LogP contribution in [0, 0.1) is 5.41 Å². The highest BCUT2D eigenvalue weighted by atomic mass is 32.2. The number of hydrogen-bond donors (Lipinski definition) is 1. The van der Waals surface area contributed by atoms with Crippen LogP contribution in [-0.2, 0) is 10.0 Å². The van der Waals surface area contributed by atoms with E-state index in [9.17, 15) is 8.42 Å². The van der Waals surface area contributed by atoms with Crippen LogP contribution in [0.25, 0.3) is 0 Å². The second kappa shape index (κ2) is 5.27. The van der Waals surface area contributed by atoms with Crippen molar-refractivity contribution < 1.29 is 13.5 Å². The molecule has 0 radical (unpaired) electrons. The van der Waals surface area contributed by atoms with Gasteiger partial charge in [-0.2, -0.15) is 0 Å². The van der Waals surface area contributed by atoms with E-state index in [1.54, 1.807) is 14.0 Å². The van der Waals surface area contributed by atoms with Crippen molar-refractivity contribution in [3.8, 4) is 0 Å². The third kappa shape index (κ3) is 6.87. The fourth-order valence-electron chi connectivity index (χ4n) is 1.17. The first-order valence-corrected chi connectivity index (χ1v) is 6.77. The second-order valence-electron chi connectivity index (χ2n) is 5.28. The van der Waals surface area contributed by atoms with Crippen LogP contribution >= 0.6 is 0 Å². The van der Waals surface area contributed by atoms with Crippen LogP contribution in [0.5, 0.6) is 0 Å². The fourth-order valence-corrected chi connectivity index (χ4v) is 2.86. The van der Waals surface area contributed by atoms with E-state index in [0.717, 1.165) is 0 Å². The third-order valence-corrected chi connectivity index (χ3v) is 4.32. The van der Waals surface area contributed by atoms with E-state index in [-0.39, 0.29) is 11.2 Å². The zero-order valence-corrected chi connectivity index (χ0v) is 11.1. The predicted octanol–water partition coefficient (Wildman–Crippen LogP) is 1.06. The Morgan fingerprint density at radius 2 is 1.80 bits per heavy atom. The molecule has 0 saturated heterocycles. The summed E-state index contributed by atoms with van der Waals surface area (Å²) in [6, 6.07) is 0. The topological polar surface area (TPSA) is 57.6 Å². The van der Waals surface area contributed by atoms with Gasteiger partial charge in [-0.05, 0) is 18.8 Å². The largest absolute Gasteiger partial charge is 0.393 e. The van der Waals surface area contributed by atoms with E-state index in [4.69, 9.17) is 5.11 Å². The Morgan fingerprint density at radius 1 is 1.33 bits per heavy atom. The van der Waals surface area contributed by atoms with Gasteiger partial charge in [-0.3, -0.25) is 0 Å². The number of aliphatic hydroxyl groups excluding tert-OH is 1. The molecule has 0 bridgehead atoms. The van der Waals surface area contributed by atoms with Crippen molar-refractivity contribution in [3.63, 3.8) is 0 Å². The number of nitrogens with zero attached hydrogens (tertiary/aromatic N) is 1. The Labute approximate surface area is 93.3 Å². The molecular weight excluding hydrogens is 214 g/mol. The van der Waals surface area contributed by atoms with E-state index < -0.39 is 16.1 Å². The molecule has 15 heavy (non-hydrogen) atoms. The van der Waals surface area contributed by atoms with E-state index in [1.165, 1.54) is 4.31 Å². The molecule has 0 saturated carbocycles. The van der Waals surface area contributed by atoms with E-state index in [2.05, 4.69) is 0 Å². The normalized spacial score (nSPS) is 15.7. The molecule has 0 aromatic heterocycles. The van der Waals surface area contributed by atoms with Gasteiger partial charge in [0.25, 0.3) is 0 Å². The average molecular weight is 237 g/mol. The summed E-state index contributed by atoms with van der Waals surface area (Å²) in [5, 5.41) is 9.08. The molecule has 1 N–H and O–H groups in total. The summed E-state index contributed by atoms with van der Waals surface area (Å²) in [5.41, 5.74) is -0.238. The molecule has 0 fully saturated rings. The van der Waals surface area contributed by atoms with Gasteiger partial charge in [0.1, 0.15) is 0 Å². The monoisotopic (exact) mass is 237 g/mol. The number of hydrogen-bond acceptors (Lipinski definition) is 3. The maximum absolute atomic E-state index is 11.8. The van der Waals surface area contributed by atoms with Gasteiger partial charge in [-0.1, -0.05) is 20.8 Å². The van der Waals surface area contributed by atoms with Crippen LogP contribution < -0.4 is 0 Å². The van der Waals surface area contributed by atoms with E-state index in [0.29, 0.717) is 13.0 Å². The highest BCUT2D eigenvalue weighted by Crippen LogP contribution is 2.18. The van der Waals surface area contributed by atoms with Gasteiger partial charge in [0.2, 0.25) is 10.0 Å². The second-order valence-corrected chi connectivity index (χ2v) is 7.35. The summed E-state index contributed by atoms with van der Waals surface area (Å²) in [6.07, 6.45) is 0.0113. The highest BCUT2D eigenvalue weighted by molar-refractivity contribution is 7.89. The molecule has 5 heteroatoms. The highest BCUT2D eigenvalue weighted by Gasteiger charge is 2.25. The van der Waals surface area contributed by atoms with E-state index in [1.807, 2.05) is 20.8 Å². The van der Waals surface area contributed by atoms with Gasteiger partial charge in [0.15, 0.2) is 0 Å². The zero-order valence-electron chi connectivity index (χ0n) is 10.3. The van der Waals surface area contributed by atoms with Crippen molar-refractivity contribution in [1.82, 2.24) is 4.31 Å². The molecule has 1 atom stereocenters. The summed E-state index contributed by atoms with van der Waals surface area (Å²) in [5.74, 6) is 0.135. The van der Waals surface area contributed by atoms with Crippen molar-refractivity contribution >= 4 is 10.0 Å². The molecule has 0 spiro atoms. The number of sulfonamides is 1. The van der Waals surface area contributed by atoms with Crippen LogP contribution in [0.1, 0.15) is 34.1 Å². The molecule has 1 unspecified atom stereocenters. The smallest absolute Gasteiger partial charge is 0.214 e. The SMILES string of the molecule is CC(O)CCN(C)S(=O)(=O)CC(C)(C)C. The van der Waals surface area contributed by atoms with Crippen molar-refractivity contribution in [2.45, 2.75) is 40.2 Å². The van der Waals surface area contributed by atoms with Crippen molar-refractivity contribution in [2.24, 2.45) is 5.41 Å². The van der Waals surface area contributed by atoms with Crippen LogP contribution in [0.2, 0.25) is 0 Å². The molecule has 0 aromatic rings. The Bertz CT molecular complexity index is 278. The quantitative estimate of drug-likeness (QED) is 0.778. The maximum Gasteiger partial charge on any atom is 0.214 e. The van der Waals surface area contributed by atoms with Gasteiger partial charge in [0, 0.05) is 13.6 Å². The summed E-state index contributed by atoms with van der Waals surface area (Å²) in [6.45, 7) is 7.72. The van der Waals surface area contributed by atoms with E-state index >= 15 is 0 Å². The first-order valence-electron chi connectivity index (χ1n) is 5.17. The van der Waals surface area contributed by atoms with Crippen molar-refractivity contribution in [1.29, 1.82) is 0 Å². The molecule has 4 nitrogen and oxygen atoms in total. The van der Waals surface area contributed by atoms with Gasteiger partial charge in [-0.15, -0.1) is 0 Å². The van der Waals surface area contributed by atoms with Crippen LogP contribution in [0.4, 0.5) is 0 Å². The van der Waals surface area contributed by atoms with Gasteiger partial charge < -0.3 is 5.11 Å². The average Bonchev–Trinajstić information content (AvgIpc) is 1.94. The first kappa shape index (κ1) is 14.9. The molecule has 0 rings (SSSR count). The summed E-state index contributed by atoms with van der Waals surface area (Å²) < 4.78 is 24.9. The molecular formula is C10H23NO3S. The Kier molecular flexibility index (Phi) is 5.23. The van der Waals surface area contributed by atoms with Crippen LogP contribution in [-0.4, -0.2) is 43.3 Å². The molecule has 0 amide bonds. The fraction of sp³-hybridized carbons (Fsp3) is 1.00. The van der Waals surface area contributed by atoms with Crippen LogP contribution in [0.3, 0.4) is 0 Å². The minimum atomic E-state index is -3.19. The van der Waals surface area contributed by atoms with Crippen LogP contribution in [0.15, 0.2) is 0 Å². The molecule has 92 valence electrons. The molecule has 0 aliphatic carbocycles. The first-order chi connectivity index (χ1) is 6.54. The standard InChI is InChI=1S/C10H23NO3S/c1-9(12)6-7-11(5)15(13,14)8-10(2,3)4/h9,12H,6-8H2,1-5H3. The van der Waals surface area contributed by atoms with Crippen molar-refractivity contribution in [2.75, 3.05) is 19.3 Å². The third-order valence-electron chi connectivity index (χ3n) is 1.95. The van der Waals surface area contributed by atoms with Gasteiger partial charge in [0.05, 0.1) is 11.9 Å². The molecule has 0 heterocycles. The Hall–Kier alpha value is -0.130. The maximum atomic E-state index is 11.8. The predicted molar refractivity (Wildman–Crippen MR) is 62.2 cm³/mol. The summed E-state index contributed by atoms with van der Waals surface area (Å²) in [7, 11) is -1.63. The lowest BCUT2D eigenvalue weighted by Gasteiger charge is -2.24. The molecule has 0 aliphatic heterocycles. The number of rotatable bonds is 5. The Balaban J connectivity index is 4.34.